The van der Waals surface area contributed by atoms with E-state index in [1.165, 1.54) is 12.1 Å². The zero-order valence-corrected chi connectivity index (χ0v) is 13.9. The van der Waals surface area contributed by atoms with Gasteiger partial charge in [-0.15, -0.1) is 0 Å². The molecule has 0 spiro atoms. The molecule has 7 heteroatoms. The second kappa shape index (κ2) is 6.96. The fourth-order valence-corrected chi connectivity index (χ4v) is 3.97. The summed E-state index contributed by atoms with van der Waals surface area (Å²) in [6.45, 7) is 4.14. The largest absolute Gasteiger partial charge is 0.492 e. The number of likely N-dealkylation sites (tertiary alicyclic amines) is 1. The molecule has 1 aliphatic heterocycles. The summed E-state index contributed by atoms with van der Waals surface area (Å²) in [6, 6.07) is 4.53. The molecule has 0 aliphatic carbocycles. The van der Waals surface area contributed by atoms with Gasteiger partial charge in [0.15, 0.2) is 0 Å². The van der Waals surface area contributed by atoms with Gasteiger partial charge in [0, 0.05) is 6.04 Å². The highest BCUT2D eigenvalue weighted by Gasteiger charge is 2.24. The highest BCUT2D eigenvalue weighted by atomic mass is 35.5. The Morgan fingerprint density at radius 1 is 1.38 bits per heavy atom. The Balaban J connectivity index is 2.10. The highest BCUT2D eigenvalue weighted by Crippen LogP contribution is 2.27. The Bertz CT molecular complexity index is 584. The van der Waals surface area contributed by atoms with Crippen molar-refractivity contribution in [3.8, 4) is 5.75 Å². The van der Waals surface area contributed by atoms with Gasteiger partial charge in [0.25, 0.3) is 0 Å². The summed E-state index contributed by atoms with van der Waals surface area (Å²) < 4.78 is 32.8. The number of benzene rings is 1. The number of nitrogens with zero attached hydrogens (tertiary/aromatic N) is 1. The summed E-state index contributed by atoms with van der Waals surface area (Å²) in [4.78, 5) is 2.37. The molecule has 0 atom stereocenters. The van der Waals surface area contributed by atoms with Crippen molar-refractivity contribution in [2.75, 3.05) is 26.7 Å². The first-order valence-electron chi connectivity index (χ1n) is 7.05. The van der Waals surface area contributed by atoms with E-state index in [1.54, 1.807) is 6.07 Å². The molecular formula is C14H21ClN2O3S. The van der Waals surface area contributed by atoms with E-state index in [-0.39, 0.29) is 10.9 Å². The van der Waals surface area contributed by atoms with Crippen LogP contribution in [-0.4, -0.2) is 46.1 Å². The molecular weight excluding hydrogens is 312 g/mol. The third-order valence-corrected chi connectivity index (χ3v) is 5.37. The lowest BCUT2D eigenvalue weighted by Crippen LogP contribution is -2.43. The van der Waals surface area contributed by atoms with Crippen LogP contribution in [0.15, 0.2) is 23.1 Å². The first kappa shape index (κ1) is 16.5. The average molecular weight is 333 g/mol. The number of rotatable bonds is 5. The minimum Gasteiger partial charge on any atom is -0.492 e. The summed E-state index contributed by atoms with van der Waals surface area (Å²) >= 11 is 6.05. The van der Waals surface area contributed by atoms with Crippen LogP contribution in [0.1, 0.15) is 19.8 Å². The number of nitrogens with one attached hydrogen (secondary N) is 1. The topological polar surface area (TPSA) is 58.6 Å². The van der Waals surface area contributed by atoms with E-state index in [1.807, 2.05) is 14.0 Å². The zero-order valence-electron chi connectivity index (χ0n) is 12.3. The van der Waals surface area contributed by atoms with E-state index in [4.69, 9.17) is 16.3 Å². The first-order valence-corrected chi connectivity index (χ1v) is 8.91. The summed E-state index contributed by atoms with van der Waals surface area (Å²) in [5.41, 5.74) is 0. The maximum absolute atomic E-state index is 12.4. The van der Waals surface area contributed by atoms with Gasteiger partial charge in [-0.1, -0.05) is 11.6 Å². The van der Waals surface area contributed by atoms with E-state index < -0.39 is 10.0 Å². The van der Waals surface area contributed by atoms with Crippen LogP contribution in [0, 0.1) is 0 Å². The molecule has 0 amide bonds. The third-order valence-electron chi connectivity index (χ3n) is 3.55. The molecule has 1 fully saturated rings. The molecule has 1 aromatic carbocycles. The van der Waals surface area contributed by atoms with Crippen LogP contribution in [0.4, 0.5) is 0 Å². The minimum atomic E-state index is -3.54. The van der Waals surface area contributed by atoms with Crippen molar-refractivity contribution in [1.29, 1.82) is 0 Å². The van der Waals surface area contributed by atoms with Gasteiger partial charge in [0.05, 0.1) is 16.5 Å². The smallest absolute Gasteiger partial charge is 0.240 e. The van der Waals surface area contributed by atoms with Crippen molar-refractivity contribution in [3.63, 3.8) is 0 Å². The van der Waals surface area contributed by atoms with E-state index in [0.29, 0.717) is 17.4 Å². The van der Waals surface area contributed by atoms with Gasteiger partial charge < -0.3 is 9.64 Å². The molecule has 0 aromatic heterocycles. The molecule has 1 N–H and O–H groups in total. The molecule has 0 saturated carbocycles. The molecule has 1 heterocycles. The van der Waals surface area contributed by atoms with Gasteiger partial charge in [0.1, 0.15) is 5.75 Å². The van der Waals surface area contributed by atoms with Gasteiger partial charge in [-0.2, -0.15) is 0 Å². The first-order chi connectivity index (χ1) is 9.92. The van der Waals surface area contributed by atoms with Crippen molar-refractivity contribution in [2.24, 2.45) is 0 Å². The summed E-state index contributed by atoms with van der Waals surface area (Å²) in [5, 5.41) is 0.308. The van der Waals surface area contributed by atoms with E-state index >= 15 is 0 Å². The van der Waals surface area contributed by atoms with Crippen molar-refractivity contribution in [2.45, 2.75) is 30.7 Å². The molecule has 1 saturated heterocycles. The monoisotopic (exact) mass is 332 g/mol. The third kappa shape index (κ3) is 4.32. The van der Waals surface area contributed by atoms with Crippen LogP contribution in [0.2, 0.25) is 5.02 Å². The predicted molar refractivity (Wildman–Crippen MR) is 83.5 cm³/mol. The average Bonchev–Trinajstić information content (AvgIpc) is 2.43. The van der Waals surface area contributed by atoms with Gasteiger partial charge in [-0.05, 0) is 58.1 Å². The minimum absolute atomic E-state index is 0.0171. The lowest BCUT2D eigenvalue weighted by atomic mass is 10.1. The number of piperidine rings is 1. The maximum Gasteiger partial charge on any atom is 0.240 e. The molecule has 0 bridgehead atoms. The summed E-state index contributed by atoms with van der Waals surface area (Å²) in [7, 11) is -1.50. The number of hydrogen-bond donors (Lipinski definition) is 1. The molecule has 0 unspecified atom stereocenters. The van der Waals surface area contributed by atoms with Gasteiger partial charge >= 0.3 is 0 Å². The lowest BCUT2D eigenvalue weighted by molar-refractivity contribution is 0.248. The lowest BCUT2D eigenvalue weighted by Gasteiger charge is -2.29. The van der Waals surface area contributed by atoms with E-state index in [2.05, 4.69) is 9.62 Å². The zero-order chi connectivity index (χ0) is 15.5. The van der Waals surface area contributed by atoms with Gasteiger partial charge in [-0.25, -0.2) is 13.1 Å². The van der Waals surface area contributed by atoms with Crippen molar-refractivity contribution in [1.82, 2.24) is 9.62 Å². The van der Waals surface area contributed by atoms with Gasteiger partial charge in [0.2, 0.25) is 10.0 Å². The van der Waals surface area contributed by atoms with Crippen LogP contribution < -0.4 is 9.46 Å². The van der Waals surface area contributed by atoms with Crippen molar-refractivity contribution >= 4 is 21.6 Å². The highest BCUT2D eigenvalue weighted by molar-refractivity contribution is 7.89. The molecule has 118 valence electrons. The number of sulfonamides is 1. The Morgan fingerprint density at radius 3 is 2.62 bits per heavy atom. The summed E-state index contributed by atoms with van der Waals surface area (Å²) in [5.74, 6) is 0.498. The maximum atomic E-state index is 12.4. The number of hydrogen-bond acceptors (Lipinski definition) is 4. The Hall–Kier alpha value is -0.820. The molecule has 0 radical (unpaired) electrons. The fraction of sp³-hybridized carbons (Fsp3) is 0.571. The number of ether oxygens (including phenoxy) is 1. The van der Waals surface area contributed by atoms with Gasteiger partial charge in [-0.3, -0.25) is 0 Å². The number of halogens is 1. The van der Waals surface area contributed by atoms with Crippen LogP contribution in [0.25, 0.3) is 0 Å². The quantitative estimate of drug-likeness (QED) is 0.897. The Labute approximate surface area is 131 Å². The van der Waals surface area contributed by atoms with Crippen LogP contribution in [0.3, 0.4) is 0 Å². The Morgan fingerprint density at radius 2 is 2.05 bits per heavy atom. The van der Waals surface area contributed by atoms with Crippen molar-refractivity contribution < 1.29 is 13.2 Å². The van der Waals surface area contributed by atoms with Crippen LogP contribution >= 0.6 is 11.6 Å². The SMILES string of the molecule is CCOc1ccc(S(=O)(=O)NC2CCN(C)CC2)cc1Cl. The molecule has 5 nitrogen and oxygen atoms in total. The molecule has 1 aromatic rings. The predicted octanol–water partition coefficient (Wildman–Crippen LogP) is 2.11. The standard InChI is InChI=1S/C14H21ClN2O3S/c1-3-20-14-5-4-12(10-13(14)15)21(18,19)16-11-6-8-17(2)9-7-11/h4-5,10-11,16H,3,6-9H2,1-2H3. The molecule has 21 heavy (non-hydrogen) atoms. The van der Waals surface area contributed by atoms with E-state index in [9.17, 15) is 8.42 Å². The molecule has 2 rings (SSSR count). The second-order valence-corrected chi connectivity index (χ2v) is 7.35. The van der Waals surface area contributed by atoms with E-state index in [0.717, 1.165) is 25.9 Å². The Kier molecular flexibility index (Phi) is 5.48. The van der Waals surface area contributed by atoms with Crippen molar-refractivity contribution in [3.05, 3.63) is 23.2 Å². The van der Waals surface area contributed by atoms with Crippen LogP contribution in [0.5, 0.6) is 5.75 Å². The fourth-order valence-electron chi connectivity index (χ4n) is 2.34. The second-order valence-electron chi connectivity index (χ2n) is 5.22. The molecule has 1 aliphatic rings. The normalized spacial score (nSPS) is 17.9. The van der Waals surface area contributed by atoms with Crippen LogP contribution in [-0.2, 0) is 10.0 Å². The summed E-state index contributed by atoms with van der Waals surface area (Å²) in [6.07, 6.45) is 1.64.